The van der Waals surface area contributed by atoms with E-state index in [1.165, 1.54) is 16.1 Å². The molecular weight excluding hydrogens is 294 g/mol. The summed E-state index contributed by atoms with van der Waals surface area (Å²) in [7, 11) is 0. The molecule has 1 saturated carbocycles. The van der Waals surface area contributed by atoms with Crippen LogP contribution in [0.2, 0.25) is 0 Å². The Morgan fingerprint density at radius 2 is 2.14 bits per heavy atom. The summed E-state index contributed by atoms with van der Waals surface area (Å²) in [6.45, 7) is 2.94. The number of carbonyl (C=O) groups is 1. The Kier molecular flexibility index (Phi) is 3.68. The molecule has 1 fully saturated rings. The summed E-state index contributed by atoms with van der Waals surface area (Å²) in [4.78, 5) is 20.2. The normalized spacial score (nSPS) is 18.0. The zero-order valence-electron chi connectivity index (χ0n) is 12.4. The van der Waals surface area contributed by atoms with E-state index < -0.39 is 0 Å². The van der Waals surface area contributed by atoms with Crippen molar-refractivity contribution in [2.45, 2.75) is 32.4 Å². The van der Waals surface area contributed by atoms with E-state index in [1.54, 1.807) is 11.3 Å². The van der Waals surface area contributed by atoms with Gasteiger partial charge >= 0.3 is 0 Å². The van der Waals surface area contributed by atoms with Crippen molar-refractivity contribution in [1.82, 2.24) is 9.88 Å². The number of amides is 1. The lowest BCUT2D eigenvalue weighted by Crippen LogP contribution is -2.29. The summed E-state index contributed by atoms with van der Waals surface area (Å²) < 4.78 is 0. The number of hydrogen-bond acceptors (Lipinski definition) is 4. The van der Waals surface area contributed by atoms with Gasteiger partial charge in [-0.3, -0.25) is 9.69 Å². The summed E-state index contributed by atoms with van der Waals surface area (Å²) in [5, 5.41) is 3.76. The van der Waals surface area contributed by atoms with Crippen molar-refractivity contribution in [3.63, 3.8) is 0 Å². The van der Waals surface area contributed by atoms with Crippen LogP contribution in [0.15, 0.2) is 30.3 Å². The van der Waals surface area contributed by atoms with E-state index in [4.69, 9.17) is 0 Å². The topological polar surface area (TPSA) is 45.2 Å². The molecule has 114 valence electrons. The van der Waals surface area contributed by atoms with Gasteiger partial charge in [0.05, 0.1) is 5.69 Å². The predicted octanol–water partition coefficient (Wildman–Crippen LogP) is 3.05. The van der Waals surface area contributed by atoms with Gasteiger partial charge in [-0.25, -0.2) is 4.98 Å². The standard InChI is InChI=1S/C17H19N3OS/c21-16(13-6-7-13)19-17-18-14-8-9-20(11-15(14)22-17)10-12-4-2-1-3-5-12/h1-5,13H,6-11H2,(H,18,19,21). The van der Waals surface area contributed by atoms with Crippen LogP contribution < -0.4 is 5.32 Å². The fraction of sp³-hybridized carbons (Fsp3) is 0.412. The first-order valence-corrected chi connectivity index (χ1v) is 8.65. The van der Waals surface area contributed by atoms with Crippen LogP contribution in [-0.2, 0) is 24.3 Å². The van der Waals surface area contributed by atoms with E-state index in [0.717, 1.165) is 44.0 Å². The molecule has 2 aliphatic rings. The fourth-order valence-corrected chi connectivity index (χ4v) is 3.88. The van der Waals surface area contributed by atoms with Crippen LogP contribution in [0.4, 0.5) is 5.13 Å². The van der Waals surface area contributed by atoms with Crippen molar-refractivity contribution in [2.24, 2.45) is 5.92 Å². The lowest BCUT2D eigenvalue weighted by molar-refractivity contribution is -0.117. The average Bonchev–Trinajstić information content (AvgIpc) is 3.30. The van der Waals surface area contributed by atoms with Crippen molar-refractivity contribution in [3.05, 3.63) is 46.5 Å². The smallest absolute Gasteiger partial charge is 0.229 e. The zero-order valence-corrected chi connectivity index (χ0v) is 13.2. The number of nitrogens with one attached hydrogen (secondary N) is 1. The largest absolute Gasteiger partial charge is 0.302 e. The second-order valence-electron chi connectivity index (χ2n) is 6.10. The van der Waals surface area contributed by atoms with Crippen molar-refractivity contribution < 1.29 is 4.79 Å². The van der Waals surface area contributed by atoms with Gasteiger partial charge in [0.1, 0.15) is 0 Å². The number of hydrogen-bond donors (Lipinski definition) is 1. The Hall–Kier alpha value is -1.72. The third-order valence-electron chi connectivity index (χ3n) is 4.24. The molecule has 0 radical (unpaired) electrons. The molecule has 4 nitrogen and oxygen atoms in total. The number of benzene rings is 1. The van der Waals surface area contributed by atoms with E-state index in [2.05, 4.69) is 45.5 Å². The number of anilines is 1. The number of thiazole rings is 1. The quantitative estimate of drug-likeness (QED) is 0.943. The third-order valence-corrected chi connectivity index (χ3v) is 5.24. The van der Waals surface area contributed by atoms with Gasteiger partial charge in [-0.1, -0.05) is 30.3 Å². The zero-order chi connectivity index (χ0) is 14.9. The minimum Gasteiger partial charge on any atom is -0.302 e. The molecule has 1 aliphatic heterocycles. The number of carbonyl (C=O) groups excluding carboxylic acids is 1. The SMILES string of the molecule is O=C(Nc1nc2c(s1)CN(Cc1ccccc1)CC2)C1CC1. The maximum Gasteiger partial charge on any atom is 0.229 e. The van der Waals surface area contributed by atoms with E-state index in [0.29, 0.717) is 0 Å². The minimum atomic E-state index is 0.146. The number of rotatable bonds is 4. The number of nitrogens with zero attached hydrogens (tertiary/aromatic N) is 2. The maximum absolute atomic E-state index is 11.8. The Morgan fingerprint density at radius 3 is 2.91 bits per heavy atom. The van der Waals surface area contributed by atoms with Crippen molar-refractivity contribution in [2.75, 3.05) is 11.9 Å². The van der Waals surface area contributed by atoms with Gasteiger partial charge in [0, 0.05) is 36.9 Å². The molecule has 0 spiro atoms. The molecule has 0 unspecified atom stereocenters. The van der Waals surface area contributed by atoms with Crippen LogP contribution in [0.1, 0.15) is 29.0 Å². The molecule has 1 aromatic carbocycles. The molecular formula is C17H19N3OS. The van der Waals surface area contributed by atoms with Crippen molar-refractivity contribution in [1.29, 1.82) is 0 Å². The first-order chi connectivity index (χ1) is 10.8. The summed E-state index contributed by atoms with van der Waals surface area (Å²) in [5.41, 5.74) is 2.51. The molecule has 22 heavy (non-hydrogen) atoms. The van der Waals surface area contributed by atoms with Crippen molar-refractivity contribution in [3.8, 4) is 0 Å². The van der Waals surface area contributed by atoms with Crippen LogP contribution in [0.25, 0.3) is 0 Å². The lowest BCUT2D eigenvalue weighted by Gasteiger charge is -2.25. The molecule has 5 heteroatoms. The first kappa shape index (κ1) is 13.9. The summed E-state index contributed by atoms with van der Waals surface area (Å²) in [6, 6.07) is 10.6. The summed E-state index contributed by atoms with van der Waals surface area (Å²) in [6.07, 6.45) is 3.03. The number of aromatic nitrogens is 1. The molecule has 0 bridgehead atoms. The van der Waals surface area contributed by atoms with Crippen LogP contribution in [0.5, 0.6) is 0 Å². The molecule has 2 heterocycles. The molecule has 0 saturated heterocycles. The molecule has 4 rings (SSSR count). The molecule has 1 N–H and O–H groups in total. The van der Waals surface area contributed by atoms with Gasteiger partial charge in [-0.05, 0) is 18.4 Å². The van der Waals surface area contributed by atoms with E-state index >= 15 is 0 Å². The van der Waals surface area contributed by atoms with E-state index in [9.17, 15) is 4.79 Å². The van der Waals surface area contributed by atoms with E-state index in [-0.39, 0.29) is 11.8 Å². The molecule has 1 amide bonds. The molecule has 1 aromatic heterocycles. The highest BCUT2D eigenvalue weighted by Crippen LogP contribution is 2.33. The summed E-state index contributed by atoms with van der Waals surface area (Å²) >= 11 is 1.64. The molecule has 0 atom stereocenters. The third kappa shape index (κ3) is 3.05. The number of fused-ring (bicyclic) bond motifs is 1. The average molecular weight is 313 g/mol. The highest BCUT2D eigenvalue weighted by atomic mass is 32.1. The highest BCUT2D eigenvalue weighted by Gasteiger charge is 2.30. The molecule has 2 aromatic rings. The Bertz CT molecular complexity index is 678. The second-order valence-corrected chi connectivity index (χ2v) is 7.18. The maximum atomic E-state index is 11.8. The highest BCUT2D eigenvalue weighted by molar-refractivity contribution is 7.15. The van der Waals surface area contributed by atoms with Gasteiger partial charge in [0.2, 0.25) is 5.91 Å². The first-order valence-electron chi connectivity index (χ1n) is 7.83. The van der Waals surface area contributed by atoms with Gasteiger partial charge in [0.15, 0.2) is 5.13 Å². The van der Waals surface area contributed by atoms with E-state index in [1.807, 2.05) is 0 Å². The van der Waals surface area contributed by atoms with Crippen LogP contribution >= 0.6 is 11.3 Å². The van der Waals surface area contributed by atoms with Gasteiger partial charge < -0.3 is 5.32 Å². The van der Waals surface area contributed by atoms with Crippen LogP contribution in [0.3, 0.4) is 0 Å². The van der Waals surface area contributed by atoms with Crippen LogP contribution in [0, 0.1) is 5.92 Å². The minimum absolute atomic E-state index is 0.146. The Morgan fingerprint density at radius 1 is 1.32 bits per heavy atom. The monoisotopic (exact) mass is 313 g/mol. The lowest BCUT2D eigenvalue weighted by atomic mass is 10.1. The van der Waals surface area contributed by atoms with Gasteiger partial charge in [-0.2, -0.15) is 0 Å². The Labute approximate surface area is 134 Å². The van der Waals surface area contributed by atoms with Gasteiger partial charge in [0.25, 0.3) is 0 Å². The Balaban J connectivity index is 1.42. The second kappa shape index (κ2) is 5.82. The fourth-order valence-electron chi connectivity index (χ4n) is 2.83. The summed E-state index contributed by atoms with van der Waals surface area (Å²) in [5.74, 6) is 0.378. The van der Waals surface area contributed by atoms with Crippen LogP contribution in [-0.4, -0.2) is 22.3 Å². The van der Waals surface area contributed by atoms with Crippen molar-refractivity contribution >= 4 is 22.4 Å². The van der Waals surface area contributed by atoms with Gasteiger partial charge in [-0.15, -0.1) is 11.3 Å². The molecule has 1 aliphatic carbocycles. The predicted molar refractivity (Wildman–Crippen MR) is 87.7 cm³/mol.